The van der Waals surface area contributed by atoms with Crippen LogP contribution in [0, 0.1) is 0 Å². The largest absolute Gasteiger partial charge is 0.368 e. The molecule has 0 bridgehead atoms. The quantitative estimate of drug-likeness (QED) is 0.603. The van der Waals surface area contributed by atoms with Gasteiger partial charge in [-0.15, -0.1) is 16.8 Å². The molecule has 0 aliphatic heterocycles. The molecule has 2 aromatic rings. The third-order valence-electron chi connectivity index (χ3n) is 3.07. The lowest BCUT2D eigenvalue weighted by atomic mass is 10.1. The molecule has 0 spiro atoms. The molecular formula is C15H19N5OS. The molecule has 1 unspecified atom stereocenters. The first-order chi connectivity index (χ1) is 10.6. The second-order valence-electron chi connectivity index (χ2n) is 4.73. The molecule has 7 heteroatoms. The summed E-state index contributed by atoms with van der Waals surface area (Å²) in [5.41, 5.74) is 6.79. The number of nitrogens with two attached hydrogens (primary N) is 1. The van der Waals surface area contributed by atoms with Crippen molar-refractivity contribution in [2.45, 2.75) is 24.7 Å². The van der Waals surface area contributed by atoms with Crippen LogP contribution in [0.4, 0.5) is 5.95 Å². The normalized spacial score (nSPS) is 11.9. The SMILES string of the molecule is C=CCn1c(N)nnc1SCC(=O)NC(C)c1ccccc1. The fourth-order valence-corrected chi connectivity index (χ4v) is 2.71. The summed E-state index contributed by atoms with van der Waals surface area (Å²) in [5, 5.41) is 11.3. The van der Waals surface area contributed by atoms with Gasteiger partial charge in [-0.2, -0.15) is 0 Å². The van der Waals surface area contributed by atoms with Gasteiger partial charge in [0.15, 0.2) is 5.16 Å². The highest BCUT2D eigenvalue weighted by atomic mass is 32.2. The number of carbonyl (C=O) groups is 1. The van der Waals surface area contributed by atoms with Crippen LogP contribution in [-0.2, 0) is 11.3 Å². The standard InChI is InChI=1S/C15H19N5OS/c1-3-9-20-14(16)18-19-15(20)22-10-13(21)17-11(2)12-7-5-4-6-8-12/h3-8,11H,1,9-10H2,2H3,(H2,16,18)(H,17,21). The fourth-order valence-electron chi connectivity index (χ4n) is 1.95. The van der Waals surface area contributed by atoms with Crippen LogP contribution in [0.3, 0.4) is 0 Å². The molecule has 0 saturated heterocycles. The second kappa shape index (κ2) is 7.65. The summed E-state index contributed by atoms with van der Waals surface area (Å²) in [4.78, 5) is 12.0. The maximum atomic E-state index is 12.0. The Bertz CT molecular complexity index is 641. The summed E-state index contributed by atoms with van der Waals surface area (Å²) in [7, 11) is 0. The summed E-state index contributed by atoms with van der Waals surface area (Å²) in [6.07, 6.45) is 1.71. The van der Waals surface area contributed by atoms with Gasteiger partial charge in [0.25, 0.3) is 0 Å². The zero-order chi connectivity index (χ0) is 15.9. The topological polar surface area (TPSA) is 85.8 Å². The Hall–Kier alpha value is -2.28. The molecule has 1 amide bonds. The van der Waals surface area contributed by atoms with Crippen LogP contribution in [0.1, 0.15) is 18.5 Å². The minimum atomic E-state index is -0.0620. The Morgan fingerprint density at radius 3 is 2.86 bits per heavy atom. The van der Waals surface area contributed by atoms with E-state index in [1.807, 2.05) is 37.3 Å². The van der Waals surface area contributed by atoms with Crippen LogP contribution in [0.25, 0.3) is 0 Å². The Morgan fingerprint density at radius 1 is 1.45 bits per heavy atom. The number of allylic oxidation sites excluding steroid dienone is 1. The van der Waals surface area contributed by atoms with Crippen molar-refractivity contribution in [2.75, 3.05) is 11.5 Å². The maximum Gasteiger partial charge on any atom is 0.230 e. The van der Waals surface area contributed by atoms with Crippen molar-refractivity contribution >= 4 is 23.6 Å². The van der Waals surface area contributed by atoms with E-state index >= 15 is 0 Å². The first kappa shape index (κ1) is 16.1. The highest BCUT2D eigenvalue weighted by Gasteiger charge is 2.13. The van der Waals surface area contributed by atoms with Crippen LogP contribution in [0.15, 0.2) is 48.1 Å². The van der Waals surface area contributed by atoms with Crippen LogP contribution in [-0.4, -0.2) is 26.4 Å². The molecule has 0 aliphatic rings. The Balaban J connectivity index is 1.89. The number of aromatic nitrogens is 3. The first-order valence-corrected chi connectivity index (χ1v) is 7.87. The number of anilines is 1. The van der Waals surface area contributed by atoms with Crippen molar-refractivity contribution in [1.82, 2.24) is 20.1 Å². The lowest BCUT2D eigenvalue weighted by Gasteiger charge is -2.14. The minimum absolute atomic E-state index is 0.0367. The van der Waals surface area contributed by atoms with E-state index < -0.39 is 0 Å². The number of nitrogens with one attached hydrogen (secondary N) is 1. The predicted octanol–water partition coefficient (Wildman–Crippen LogP) is 2.02. The summed E-state index contributed by atoms with van der Waals surface area (Å²) in [6.45, 7) is 6.14. The number of hydrogen-bond acceptors (Lipinski definition) is 5. The van der Waals surface area contributed by atoms with E-state index in [1.165, 1.54) is 11.8 Å². The average molecular weight is 317 g/mol. The van der Waals surface area contributed by atoms with Gasteiger partial charge in [0.1, 0.15) is 0 Å². The molecule has 1 aromatic heterocycles. The molecule has 2 rings (SSSR count). The van der Waals surface area contributed by atoms with Gasteiger partial charge in [-0.3, -0.25) is 9.36 Å². The van der Waals surface area contributed by atoms with E-state index in [0.717, 1.165) is 5.56 Å². The van der Waals surface area contributed by atoms with E-state index in [0.29, 0.717) is 17.6 Å². The van der Waals surface area contributed by atoms with E-state index in [4.69, 9.17) is 5.73 Å². The van der Waals surface area contributed by atoms with Gasteiger partial charge in [0.05, 0.1) is 11.8 Å². The second-order valence-corrected chi connectivity index (χ2v) is 5.67. The Morgan fingerprint density at radius 2 is 2.18 bits per heavy atom. The summed E-state index contributed by atoms with van der Waals surface area (Å²) in [6, 6.07) is 9.79. The number of nitrogens with zero attached hydrogens (tertiary/aromatic N) is 3. The molecule has 0 fully saturated rings. The van der Waals surface area contributed by atoms with Crippen molar-refractivity contribution < 1.29 is 4.79 Å². The first-order valence-electron chi connectivity index (χ1n) is 6.88. The zero-order valence-corrected chi connectivity index (χ0v) is 13.2. The fraction of sp³-hybridized carbons (Fsp3) is 0.267. The molecule has 6 nitrogen and oxygen atoms in total. The highest BCUT2D eigenvalue weighted by Crippen LogP contribution is 2.18. The molecule has 116 valence electrons. The smallest absolute Gasteiger partial charge is 0.230 e. The van der Waals surface area contributed by atoms with Gasteiger partial charge in [-0.1, -0.05) is 48.2 Å². The van der Waals surface area contributed by atoms with Crippen molar-refractivity contribution in [3.63, 3.8) is 0 Å². The Kier molecular flexibility index (Phi) is 5.60. The van der Waals surface area contributed by atoms with Gasteiger partial charge in [-0.05, 0) is 12.5 Å². The zero-order valence-electron chi connectivity index (χ0n) is 12.4. The van der Waals surface area contributed by atoms with Crippen LogP contribution >= 0.6 is 11.8 Å². The molecule has 0 radical (unpaired) electrons. The third-order valence-corrected chi connectivity index (χ3v) is 4.03. The molecule has 22 heavy (non-hydrogen) atoms. The number of rotatable bonds is 7. The average Bonchev–Trinajstić information content (AvgIpc) is 2.87. The van der Waals surface area contributed by atoms with Crippen molar-refractivity contribution in [1.29, 1.82) is 0 Å². The monoisotopic (exact) mass is 317 g/mol. The number of hydrogen-bond donors (Lipinski definition) is 2. The third kappa shape index (κ3) is 4.11. The molecule has 1 atom stereocenters. The van der Waals surface area contributed by atoms with Crippen LogP contribution < -0.4 is 11.1 Å². The van der Waals surface area contributed by atoms with Crippen LogP contribution in [0.5, 0.6) is 0 Å². The van der Waals surface area contributed by atoms with E-state index in [1.54, 1.807) is 10.6 Å². The molecular weight excluding hydrogens is 298 g/mol. The predicted molar refractivity (Wildman–Crippen MR) is 88.4 cm³/mol. The lowest BCUT2D eigenvalue weighted by Crippen LogP contribution is -2.28. The highest BCUT2D eigenvalue weighted by molar-refractivity contribution is 7.99. The van der Waals surface area contributed by atoms with E-state index in [9.17, 15) is 4.79 Å². The summed E-state index contributed by atoms with van der Waals surface area (Å²) >= 11 is 1.30. The van der Waals surface area contributed by atoms with Gasteiger partial charge in [0.2, 0.25) is 11.9 Å². The van der Waals surface area contributed by atoms with Crippen molar-refractivity contribution in [2.24, 2.45) is 0 Å². The molecule has 1 aromatic carbocycles. The number of nitrogen functional groups attached to an aromatic ring is 1. The van der Waals surface area contributed by atoms with Gasteiger partial charge in [0, 0.05) is 6.54 Å². The number of amides is 1. The Labute approximate surface area is 133 Å². The van der Waals surface area contributed by atoms with E-state index in [2.05, 4.69) is 22.1 Å². The minimum Gasteiger partial charge on any atom is -0.368 e. The maximum absolute atomic E-state index is 12.0. The molecule has 3 N–H and O–H groups in total. The van der Waals surface area contributed by atoms with Gasteiger partial charge >= 0.3 is 0 Å². The summed E-state index contributed by atoms with van der Waals surface area (Å²) < 4.78 is 1.71. The molecule has 0 aliphatic carbocycles. The van der Waals surface area contributed by atoms with Crippen molar-refractivity contribution in [3.05, 3.63) is 48.6 Å². The number of thioether (sulfide) groups is 1. The summed E-state index contributed by atoms with van der Waals surface area (Å²) in [5.74, 6) is 0.514. The number of carbonyl (C=O) groups excluding carboxylic acids is 1. The lowest BCUT2D eigenvalue weighted by molar-refractivity contribution is -0.119. The molecule has 1 heterocycles. The number of benzene rings is 1. The van der Waals surface area contributed by atoms with Gasteiger partial charge in [-0.25, -0.2) is 0 Å². The van der Waals surface area contributed by atoms with Gasteiger partial charge < -0.3 is 11.1 Å². The molecule has 0 saturated carbocycles. The van der Waals surface area contributed by atoms with Crippen LogP contribution in [0.2, 0.25) is 0 Å². The van der Waals surface area contributed by atoms with E-state index in [-0.39, 0.29) is 17.7 Å². The van der Waals surface area contributed by atoms with Crippen molar-refractivity contribution in [3.8, 4) is 0 Å².